The minimum atomic E-state index is -0.451. The van der Waals surface area contributed by atoms with Gasteiger partial charge in [-0.15, -0.1) is 0 Å². The van der Waals surface area contributed by atoms with Crippen LogP contribution in [0.15, 0.2) is 15.8 Å². The molecule has 3 rings (SSSR count). The molecule has 4 N–H and O–H groups in total. The number of hydrogen-bond donors (Lipinski definition) is 3. The van der Waals surface area contributed by atoms with Crippen LogP contribution >= 0.6 is 0 Å². The average Bonchev–Trinajstić information content (AvgIpc) is 3.39. The number of carbonyl (C=O) groups is 1. The predicted octanol–water partition coefficient (Wildman–Crippen LogP) is 0.259. The number of nitrogens with two attached hydrogens (primary N) is 1. The molecule has 3 unspecified atom stereocenters. The van der Waals surface area contributed by atoms with Gasteiger partial charge in [-0.2, -0.15) is 0 Å². The van der Waals surface area contributed by atoms with Gasteiger partial charge in [-0.1, -0.05) is 6.92 Å². The van der Waals surface area contributed by atoms with Gasteiger partial charge in [-0.3, -0.25) is 14.2 Å². The van der Waals surface area contributed by atoms with E-state index in [1.165, 1.54) is 6.20 Å². The van der Waals surface area contributed by atoms with Crippen molar-refractivity contribution < 1.29 is 4.79 Å². The highest BCUT2D eigenvalue weighted by molar-refractivity contribution is 5.93. The fraction of sp³-hybridized carbons (Fsp3) is 0.667. The number of H-pyrrole nitrogens is 1. The summed E-state index contributed by atoms with van der Waals surface area (Å²) in [7, 11) is 0. The van der Waals surface area contributed by atoms with Crippen LogP contribution < -0.4 is 22.3 Å². The third-order valence-corrected chi connectivity index (χ3v) is 4.55. The predicted molar refractivity (Wildman–Crippen MR) is 82.5 cm³/mol. The van der Waals surface area contributed by atoms with Crippen LogP contribution in [0, 0.1) is 17.8 Å². The molecular weight excluding hydrogens is 284 g/mol. The summed E-state index contributed by atoms with van der Waals surface area (Å²) in [4.78, 5) is 39.0. The molecule has 0 aliphatic heterocycles. The summed E-state index contributed by atoms with van der Waals surface area (Å²) in [5, 5.41) is 2.70. The lowest BCUT2D eigenvalue weighted by Gasteiger charge is -2.16. The Morgan fingerprint density at radius 2 is 2.18 bits per heavy atom. The Labute approximate surface area is 127 Å². The van der Waals surface area contributed by atoms with Gasteiger partial charge in [0.05, 0.1) is 0 Å². The van der Waals surface area contributed by atoms with Crippen molar-refractivity contribution in [3.05, 3.63) is 27.0 Å². The zero-order valence-electron chi connectivity index (χ0n) is 12.7. The van der Waals surface area contributed by atoms with E-state index in [2.05, 4.69) is 10.3 Å². The van der Waals surface area contributed by atoms with E-state index < -0.39 is 11.2 Å². The summed E-state index contributed by atoms with van der Waals surface area (Å²) < 4.78 is 1.12. The fourth-order valence-electron chi connectivity index (χ4n) is 3.11. The van der Waals surface area contributed by atoms with Gasteiger partial charge < -0.3 is 16.0 Å². The summed E-state index contributed by atoms with van der Waals surface area (Å²) in [6, 6.07) is 0.101. The van der Waals surface area contributed by atoms with Gasteiger partial charge in [0.25, 0.3) is 5.56 Å². The Morgan fingerprint density at radius 1 is 1.50 bits per heavy atom. The van der Waals surface area contributed by atoms with E-state index >= 15 is 0 Å². The minimum absolute atomic E-state index is 0.101. The molecule has 1 aromatic rings. The zero-order chi connectivity index (χ0) is 15.9. The molecule has 2 aliphatic rings. The second kappa shape index (κ2) is 5.72. The van der Waals surface area contributed by atoms with E-state index in [1.807, 2.05) is 6.92 Å². The van der Waals surface area contributed by atoms with E-state index in [9.17, 15) is 14.4 Å². The van der Waals surface area contributed by atoms with Gasteiger partial charge >= 0.3 is 5.69 Å². The van der Waals surface area contributed by atoms with Crippen LogP contribution in [0.5, 0.6) is 0 Å². The maximum atomic E-state index is 12.5. The monoisotopic (exact) mass is 306 g/mol. The Morgan fingerprint density at radius 3 is 2.73 bits per heavy atom. The van der Waals surface area contributed by atoms with Crippen molar-refractivity contribution in [1.29, 1.82) is 0 Å². The maximum absolute atomic E-state index is 12.5. The standard InChI is InChI=1S/C15H22N4O3/c1-2-5-19-14(21)11(7-17-15(19)22)18-13(20)12(8-3-4-8)9-6-10(9)16/h7-10,12H,2-6,16H2,1H3,(H,17,22)(H,18,20). The fourth-order valence-corrected chi connectivity index (χ4v) is 3.11. The van der Waals surface area contributed by atoms with Gasteiger partial charge in [0.15, 0.2) is 0 Å². The van der Waals surface area contributed by atoms with Crippen LogP contribution in [0.25, 0.3) is 0 Å². The van der Waals surface area contributed by atoms with E-state index in [-0.39, 0.29) is 29.5 Å². The molecule has 1 heterocycles. The Balaban J connectivity index is 1.80. The van der Waals surface area contributed by atoms with Crippen molar-refractivity contribution in [3.8, 4) is 0 Å². The van der Waals surface area contributed by atoms with Gasteiger partial charge in [-0.25, -0.2) is 4.79 Å². The summed E-state index contributed by atoms with van der Waals surface area (Å²) in [5.41, 5.74) is 5.12. The Hall–Kier alpha value is -1.89. The quantitative estimate of drug-likeness (QED) is 0.700. The molecule has 0 bridgehead atoms. The lowest BCUT2D eigenvalue weighted by molar-refractivity contribution is -0.121. The minimum Gasteiger partial charge on any atom is -0.327 e. The number of anilines is 1. The second-order valence-electron chi connectivity index (χ2n) is 6.38. The van der Waals surface area contributed by atoms with Crippen LogP contribution in [-0.2, 0) is 11.3 Å². The SMILES string of the molecule is CCCn1c(=O)[nH]cc(NC(=O)C(C2CC2)C2CC2N)c1=O. The number of nitrogens with one attached hydrogen (secondary N) is 2. The molecule has 0 saturated heterocycles. The van der Waals surface area contributed by atoms with Crippen LogP contribution in [0.1, 0.15) is 32.6 Å². The van der Waals surface area contributed by atoms with Crippen molar-refractivity contribution in [3.63, 3.8) is 0 Å². The summed E-state index contributed by atoms with van der Waals surface area (Å²) in [6.45, 7) is 2.21. The molecule has 1 aromatic heterocycles. The zero-order valence-corrected chi connectivity index (χ0v) is 12.7. The van der Waals surface area contributed by atoms with Crippen molar-refractivity contribution in [2.75, 3.05) is 5.32 Å². The highest BCUT2D eigenvalue weighted by Crippen LogP contribution is 2.48. The Bertz CT molecular complexity index is 689. The number of amides is 1. The second-order valence-corrected chi connectivity index (χ2v) is 6.38. The van der Waals surface area contributed by atoms with E-state index in [4.69, 9.17) is 5.73 Å². The van der Waals surface area contributed by atoms with Crippen molar-refractivity contribution in [2.24, 2.45) is 23.5 Å². The highest BCUT2D eigenvalue weighted by Gasteiger charge is 2.50. The summed E-state index contributed by atoms with van der Waals surface area (Å²) in [6.07, 6.45) is 4.92. The lowest BCUT2D eigenvalue weighted by Crippen LogP contribution is -2.38. The van der Waals surface area contributed by atoms with Crippen LogP contribution in [0.3, 0.4) is 0 Å². The first kappa shape index (κ1) is 15.0. The number of aromatic nitrogens is 2. The third kappa shape index (κ3) is 2.85. The molecule has 0 radical (unpaired) electrons. The first-order valence-electron chi connectivity index (χ1n) is 7.92. The molecule has 2 fully saturated rings. The molecule has 0 aromatic carbocycles. The number of aromatic amines is 1. The average molecular weight is 306 g/mol. The lowest BCUT2D eigenvalue weighted by atomic mass is 9.96. The number of hydrogen-bond acceptors (Lipinski definition) is 4. The van der Waals surface area contributed by atoms with Gasteiger partial charge in [0.1, 0.15) is 5.69 Å². The molecule has 120 valence electrons. The maximum Gasteiger partial charge on any atom is 0.328 e. The first-order valence-corrected chi connectivity index (χ1v) is 7.92. The molecule has 1 amide bonds. The largest absolute Gasteiger partial charge is 0.328 e. The smallest absolute Gasteiger partial charge is 0.327 e. The first-order chi connectivity index (χ1) is 10.5. The topological polar surface area (TPSA) is 110 Å². The molecule has 3 atom stereocenters. The summed E-state index contributed by atoms with van der Waals surface area (Å²) in [5.74, 6) is 0.362. The molecule has 7 heteroatoms. The molecule has 2 aliphatic carbocycles. The normalized spacial score (nSPS) is 24.8. The number of rotatable bonds is 6. The van der Waals surface area contributed by atoms with Crippen molar-refractivity contribution >= 4 is 11.6 Å². The van der Waals surface area contributed by atoms with E-state index in [1.54, 1.807) is 0 Å². The Kier molecular flexibility index (Phi) is 3.90. The van der Waals surface area contributed by atoms with Gasteiger partial charge in [0.2, 0.25) is 5.91 Å². The third-order valence-electron chi connectivity index (χ3n) is 4.55. The summed E-state index contributed by atoms with van der Waals surface area (Å²) >= 11 is 0. The van der Waals surface area contributed by atoms with Gasteiger partial charge in [0, 0.05) is 24.7 Å². The molecule has 22 heavy (non-hydrogen) atoms. The molecule has 7 nitrogen and oxygen atoms in total. The van der Waals surface area contributed by atoms with E-state index in [0.717, 1.165) is 23.8 Å². The number of carbonyl (C=O) groups excluding carboxylic acids is 1. The van der Waals surface area contributed by atoms with Crippen molar-refractivity contribution in [2.45, 2.75) is 45.2 Å². The van der Waals surface area contributed by atoms with Crippen LogP contribution in [0.2, 0.25) is 0 Å². The number of nitrogens with zero attached hydrogens (tertiary/aromatic N) is 1. The van der Waals surface area contributed by atoms with Gasteiger partial charge in [-0.05, 0) is 37.5 Å². The van der Waals surface area contributed by atoms with Crippen molar-refractivity contribution in [1.82, 2.24) is 9.55 Å². The molecule has 2 saturated carbocycles. The molecule has 0 spiro atoms. The highest BCUT2D eigenvalue weighted by atomic mass is 16.2. The van der Waals surface area contributed by atoms with E-state index in [0.29, 0.717) is 18.9 Å². The molecular formula is C15H22N4O3. The van der Waals surface area contributed by atoms with Crippen LogP contribution in [-0.4, -0.2) is 21.5 Å². The van der Waals surface area contributed by atoms with Crippen LogP contribution in [0.4, 0.5) is 5.69 Å².